The molecule has 138 valence electrons. The fourth-order valence-corrected chi connectivity index (χ4v) is 2.28. The standard InChI is InChI=1S/C18H15BClF2N3O2/c1-10-7-23-16(20)5-12(10)4-14(3-11(2)25-9-26)27-18(19)17-15(22)6-13(21)8-24-17/h3-9,18H,1-2H3,(H,25,26)/b11-3-,14-4+. The van der Waals surface area contributed by atoms with E-state index in [9.17, 15) is 13.6 Å². The molecular weight excluding hydrogens is 374 g/mol. The van der Waals surface area contributed by atoms with Gasteiger partial charge in [0.1, 0.15) is 30.3 Å². The molecule has 1 N–H and O–H groups in total. The minimum atomic E-state index is -1.31. The zero-order chi connectivity index (χ0) is 20.0. The molecule has 0 aliphatic rings. The number of ether oxygens (including phenoxy) is 1. The summed E-state index contributed by atoms with van der Waals surface area (Å²) in [7, 11) is 5.87. The first-order chi connectivity index (χ1) is 12.8. The number of nitrogens with one attached hydrogen (secondary N) is 1. The van der Waals surface area contributed by atoms with Gasteiger partial charge in [0.15, 0.2) is 5.82 Å². The summed E-state index contributed by atoms with van der Waals surface area (Å²) in [6.07, 6.45) is 6.00. The summed E-state index contributed by atoms with van der Waals surface area (Å²) in [6.45, 7) is 3.44. The van der Waals surface area contributed by atoms with Crippen LogP contribution < -0.4 is 5.32 Å². The Morgan fingerprint density at radius 3 is 2.74 bits per heavy atom. The molecule has 1 atom stereocenters. The molecule has 0 bridgehead atoms. The molecule has 0 aliphatic heterocycles. The summed E-state index contributed by atoms with van der Waals surface area (Å²) >= 11 is 5.92. The van der Waals surface area contributed by atoms with Crippen LogP contribution in [0.1, 0.15) is 29.7 Å². The Kier molecular flexibility index (Phi) is 7.07. The van der Waals surface area contributed by atoms with Crippen LogP contribution in [-0.4, -0.2) is 24.2 Å². The van der Waals surface area contributed by atoms with Crippen molar-refractivity contribution in [1.29, 1.82) is 0 Å². The Morgan fingerprint density at radius 2 is 2.07 bits per heavy atom. The average Bonchev–Trinajstić information content (AvgIpc) is 2.58. The number of hydrogen-bond donors (Lipinski definition) is 1. The second-order valence-electron chi connectivity index (χ2n) is 5.56. The van der Waals surface area contributed by atoms with E-state index in [1.807, 2.05) is 6.92 Å². The van der Waals surface area contributed by atoms with E-state index in [0.717, 1.165) is 11.8 Å². The van der Waals surface area contributed by atoms with Gasteiger partial charge in [-0.05, 0) is 43.2 Å². The lowest BCUT2D eigenvalue weighted by atomic mass is 9.95. The molecule has 5 nitrogen and oxygen atoms in total. The molecule has 0 saturated carbocycles. The third-order valence-corrected chi connectivity index (χ3v) is 3.63. The first-order valence-corrected chi connectivity index (χ1v) is 8.13. The maximum Gasteiger partial charge on any atom is 0.211 e. The van der Waals surface area contributed by atoms with E-state index in [-0.39, 0.29) is 16.6 Å². The Balaban J connectivity index is 2.40. The molecule has 0 aliphatic carbocycles. The lowest BCUT2D eigenvalue weighted by Gasteiger charge is -2.17. The van der Waals surface area contributed by atoms with E-state index >= 15 is 0 Å². The maximum absolute atomic E-state index is 13.9. The maximum atomic E-state index is 13.9. The van der Waals surface area contributed by atoms with Crippen molar-refractivity contribution >= 4 is 31.9 Å². The van der Waals surface area contributed by atoms with Crippen LogP contribution in [0.5, 0.6) is 0 Å². The molecule has 2 aromatic rings. The number of carbonyl (C=O) groups is 1. The molecule has 2 radical (unpaired) electrons. The largest absolute Gasteiger partial charge is 0.494 e. The van der Waals surface area contributed by atoms with Gasteiger partial charge in [-0.25, -0.2) is 13.8 Å². The molecule has 2 heterocycles. The summed E-state index contributed by atoms with van der Waals surface area (Å²) in [5.41, 5.74) is 1.67. The minimum Gasteiger partial charge on any atom is -0.494 e. The van der Waals surface area contributed by atoms with Crippen molar-refractivity contribution in [3.63, 3.8) is 0 Å². The van der Waals surface area contributed by atoms with Gasteiger partial charge in [-0.2, -0.15) is 0 Å². The first kappa shape index (κ1) is 20.6. The Hall–Kier alpha value is -2.74. The normalized spacial score (nSPS) is 13.2. The number of allylic oxidation sites excluding steroid dienone is 2. The second-order valence-corrected chi connectivity index (χ2v) is 5.95. The number of halogens is 3. The molecule has 0 spiro atoms. The molecule has 2 rings (SSSR count). The lowest BCUT2D eigenvalue weighted by molar-refractivity contribution is -0.108. The number of aryl methyl sites for hydroxylation is 1. The van der Waals surface area contributed by atoms with Gasteiger partial charge >= 0.3 is 0 Å². The van der Waals surface area contributed by atoms with E-state index in [4.69, 9.17) is 24.2 Å². The van der Waals surface area contributed by atoms with Gasteiger partial charge in [-0.3, -0.25) is 9.78 Å². The van der Waals surface area contributed by atoms with Crippen molar-refractivity contribution in [2.75, 3.05) is 0 Å². The van der Waals surface area contributed by atoms with Crippen LogP contribution in [-0.2, 0) is 9.53 Å². The quantitative estimate of drug-likeness (QED) is 0.258. The third-order valence-electron chi connectivity index (χ3n) is 3.42. The Labute approximate surface area is 161 Å². The molecule has 1 amide bonds. The van der Waals surface area contributed by atoms with Crippen molar-refractivity contribution in [3.05, 3.63) is 75.7 Å². The van der Waals surface area contributed by atoms with Crippen LogP contribution in [0.2, 0.25) is 5.15 Å². The highest BCUT2D eigenvalue weighted by atomic mass is 35.5. The van der Waals surface area contributed by atoms with E-state index in [1.165, 1.54) is 6.08 Å². The zero-order valence-electron chi connectivity index (χ0n) is 14.5. The summed E-state index contributed by atoms with van der Waals surface area (Å²) in [5, 5.41) is 2.73. The highest BCUT2D eigenvalue weighted by Gasteiger charge is 2.16. The van der Waals surface area contributed by atoms with Crippen molar-refractivity contribution in [3.8, 4) is 0 Å². The van der Waals surface area contributed by atoms with E-state index in [1.54, 1.807) is 25.3 Å². The number of pyridine rings is 2. The van der Waals surface area contributed by atoms with Crippen LogP contribution in [0.3, 0.4) is 0 Å². The van der Waals surface area contributed by atoms with Gasteiger partial charge in [-0.15, -0.1) is 0 Å². The highest BCUT2D eigenvalue weighted by molar-refractivity contribution is 6.29. The highest BCUT2D eigenvalue weighted by Crippen LogP contribution is 2.23. The van der Waals surface area contributed by atoms with Gasteiger partial charge < -0.3 is 10.1 Å². The monoisotopic (exact) mass is 389 g/mol. The van der Waals surface area contributed by atoms with E-state index in [2.05, 4.69) is 15.3 Å². The number of rotatable bonds is 7. The van der Waals surface area contributed by atoms with Crippen LogP contribution in [0.25, 0.3) is 6.08 Å². The Morgan fingerprint density at radius 1 is 1.33 bits per heavy atom. The van der Waals surface area contributed by atoms with Crippen LogP contribution in [0.4, 0.5) is 8.78 Å². The van der Waals surface area contributed by atoms with E-state index in [0.29, 0.717) is 23.7 Å². The first-order valence-electron chi connectivity index (χ1n) is 7.75. The average molecular weight is 390 g/mol. The molecule has 1 unspecified atom stereocenters. The topological polar surface area (TPSA) is 64.1 Å². The summed E-state index contributed by atoms with van der Waals surface area (Å²) in [4.78, 5) is 18.2. The summed E-state index contributed by atoms with van der Waals surface area (Å²) < 4.78 is 32.5. The van der Waals surface area contributed by atoms with Crippen molar-refractivity contribution in [2.24, 2.45) is 0 Å². The third kappa shape index (κ3) is 5.89. The van der Waals surface area contributed by atoms with Crippen LogP contribution in [0, 0.1) is 18.6 Å². The number of amides is 1. The molecule has 0 fully saturated rings. The number of nitrogens with zero attached hydrogens (tertiary/aromatic N) is 2. The zero-order valence-corrected chi connectivity index (χ0v) is 15.3. The SMILES string of the molecule is [B]C(OC(/C=C(/C)NC=O)=C/c1cc(Cl)ncc1C)c1ncc(F)cc1F. The van der Waals surface area contributed by atoms with Crippen LogP contribution in [0.15, 0.2) is 42.1 Å². The predicted octanol–water partition coefficient (Wildman–Crippen LogP) is 3.59. The van der Waals surface area contributed by atoms with Crippen molar-refractivity contribution < 1.29 is 18.3 Å². The van der Waals surface area contributed by atoms with Gasteiger partial charge in [0.2, 0.25) is 6.41 Å². The number of aromatic nitrogens is 2. The fraction of sp³-hybridized carbons (Fsp3) is 0.167. The van der Waals surface area contributed by atoms with Crippen molar-refractivity contribution in [2.45, 2.75) is 19.9 Å². The molecule has 27 heavy (non-hydrogen) atoms. The summed E-state index contributed by atoms with van der Waals surface area (Å²) in [6, 6.07) is 0.963. The van der Waals surface area contributed by atoms with Gasteiger partial charge in [0, 0.05) is 18.0 Å². The van der Waals surface area contributed by atoms with Gasteiger partial charge in [0.05, 0.1) is 12.2 Å². The van der Waals surface area contributed by atoms with Crippen LogP contribution >= 0.6 is 11.6 Å². The Bertz CT molecular complexity index is 906. The van der Waals surface area contributed by atoms with Crippen molar-refractivity contribution in [1.82, 2.24) is 15.3 Å². The van der Waals surface area contributed by atoms with Gasteiger partial charge in [-0.1, -0.05) is 11.6 Å². The number of hydrogen-bond acceptors (Lipinski definition) is 4. The predicted molar refractivity (Wildman–Crippen MR) is 98.7 cm³/mol. The fourth-order valence-electron chi connectivity index (χ4n) is 2.12. The second kappa shape index (κ2) is 9.27. The molecule has 0 aromatic carbocycles. The minimum absolute atomic E-state index is 0.199. The molecule has 2 aromatic heterocycles. The van der Waals surface area contributed by atoms with Gasteiger partial charge in [0.25, 0.3) is 0 Å². The smallest absolute Gasteiger partial charge is 0.211 e. The number of carbonyl (C=O) groups excluding carboxylic acids is 1. The molecule has 0 saturated heterocycles. The molecular formula is C18H15BClF2N3O2. The van der Waals surface area contributed by atoms with E-state index < -0.39 is 17.6 Å². The molecule has 9 heteroatoms. The summed E-state index contributed by atoms with van der Waals surface area (Å²) in [5.74, 6) is -1.56. The lowest BCUT2D eigenvalue weighted by Crippen LogP contribution is -2.11.